The van der Waals surface area contributed by atoms with Crippen LogP contribution in [0.4, 0.5) is 5.69 Å². The lowest BCUT2D eigenvalue weighted by molar-refractivity contribution is 0.283. The Balaban J connectivity index is 2.62. The standard InChI is InChI=1S/C13H20N2OS/c1-15(9-5-2-6-10-16)12-8-4-3-7-11(12)13(14)17/h3-4,7-8,16H,2,5-6,9-10H2,1H3,(H2,14,17). The Labute approximate surface area is 108 Å². The second kappa shape index (κ2) is 7.25. The highest BCUT2D eigenvalue weighted by molar-refractivity contribution is 7.80. The van der Waals surface area contributed by atoms with E-state index < -0.39 is 0 Å². The van der Waals surface area contributed by atoms with Crippen LogP contribution in [-0.4, -0.2) is 30.3 Å². The molecule has 0 bridgehead atoms. The predicted molar refractivity (Wildman–Crippen MR) is 76.5 cm³/mol. The summed E-state index contributed by atoms with van der Waals surface area (Å²) in [5.41, 5.74) is 7.70. The molecule has 1 rings (SSSR count). The summed E-state index contributed by atoms with van der Waals surface area (Å²) in [4.78, 5) is 2.59. The van der Waals surface area contributed by atoms with E-state index in [0.717, 1.165) is 37.1 Å². The maximum Gasteiger partial charge on any atom is 0.106 e. The average molecular weight is 252 g/mol. The molecule has 3 nitrogen and oxygen atoms in total. The van der Waals surface area contributed by atoms with Crippen LogP contribution < -0.4 is 10.6 Å². The first-order valence-electron chi connectivity index (χ1n) is 5.87. The number of nitrogens with two attached hydrogens (primary N) is 1. The third kappa shape index (κ3) is 4.32. The minimum atomic E-state index is 0.271. The molecule has 4 heteroatoms. The van der Waals surface area contributed by atoms with Gasteiger partial charge < -0.3 is 15.7 Å². The van der Waals surface area contributed by atoms with Crippen LogP contribution in [0.2, 0.25) is 0 Å². The molecule has 0 amide bonds. The molecule has 0 aliphatic carbocycles. The van der Waals surface area contributed by atoms with E-state index >= 15 is 0 Å². The number of para-hydroxylation sites is 1. The van der Waals surface area contributed by atoms with Crippen molar-refractivity contribution in [3.05, 3.63) is 29.8 Å². The third-order valence-corrected chi connectivity index (χ3v) is 2.95. The van der Waals surface area contributed by atoms with E-state index in [0.29, 0.717) is 4.99 Å². The summed E-state index contributed by atoms with van der Waals surface area (Å²) in [6.45, 7) is 1.22. The Morgan fingerprint density at radius 1 is 1.29 bits per heavy atom. The monoisotopic (exact) mass is 252 g/mol. The Morgan fingerprint density at radius 3 is 2.65 bits per heavy atom. The van der Waals surface area contributed by atoms with Gasteiger partial charge in [0.15, 0.2) is 0 Å². The van der Waals surface area contributed by atoms with Gasteiger partial charge in [0, 0.05) is 31.5 Å². The van der Waals surface area contributed by atoms with Gasteiger partial charge in [-0.2, -0.15) is 0 Å². The number of anilines is 1. The highest BCUT2D eigenvalue weighted by Crippen LogP contribution is 2.19. The molecule has 1 aromatic carbocycles. The van der Waals surface area contributed by atoms with Crippen molar-refractivity contribution >= 4 is 22.9 Å². The average Bonchev–Trinajstić information content (AvgIpc) is 2.34. The van der Waals surface area contributed by atoms with E-state index in [1.165, 1.54) is 0 Å². The van der Waals surface area contributed by atoms with E-state index in [2.05, 4.69) is 4.90 Å². The first-order chi connectivity index (χ1) is 8.16. The van der Waals surface area contributed by atoms with Crippen molar-refractivity contribution in [1.82, 2.24) is 0 Å². The molecular weight excluding hydrogens is 232 g/mol. The minimum Gasteiger partial charge on any atom is -0.396 e. The molecule has 0 spiro atoms. The molecule has 0 saturated carbocycles. The van der Waals surface area contributed by atoms with Gasteiger partial charge >= 0.3 is 0 Å². The quantitative estimate of drug-likeness (QED) is 0.575. The maximum absolute atomic E-state index is 8.72. The van der Waals surface area contributed by atoms with Crippen molar-refractivity contribution in [1.29, 1.82) is 0 Å². The third-order valence-electron chi connectivity index (χ3n) is 2.73. The number of hydrogen-bond acceptors (Lipinski definition) is 3. The maximum atomic E-state index is 8.72. The van der Waals surface area contributed by atoms with Crippen LogP contribution in [0.25, 0.3) is 0 Å². The molecule has 0 unspecified atom stereocenters. The topological polar surface area (TPSA) is 49.5 Å². The molecule has 0 atom stereocenters. The second-order valence-electron chi connectivity index (χ2n) is 4.09. The number of hydrogen-bond donors (Lipinski definition) is 2. The number of aliphatic hydroxyl groups excluding tert-OH is 1. The van der Waals surface area contributed by atoms with E-state index in [-0.39, 0.29) is 6.61 Å². The molecule has 0 aliphatic heterocycles. The van der Waals surface area contributed by atoms with Crippen molar-refractivity contribution in [2.45, 2.75) is 19.3 Å². The summed E-state index contributed by atoms with van der Waals surface area (Å²) in [7, 11) is 2.04. The fraction of sp³-hybridized carbons (Fsp3) is 0.462. The molecule has 17 heavy (non-hydrogen) atoms. The molecular formula is C13H20N2OS. The first kappa shape index (κ1) is 13.9. The molecule has 0 aromatic heterocycles. The largest absolute Gasteiger partial charge is 0.396 e. The van der Waals surface area contributed by atoms with Crippen LogP contribution in [-0.2, 0) is 0 Å². The van der Waals surface area contributed by atoms with Gasteiger partial charge in [-0.15, -0.1) is 0 Å². The Bertz CT molecular complexity index is 368. The highest BCUT2D eigenvalue weighted by Gasteiger charge is 2.08. The summed E-state index contributed by atoms with van der Waals surface area (Å²) in [5, 5.41) is 8.72. The number of nitrogens with zero attached hydrogens (tertiary/aromatic N) is 1. The molecule has 1 aromatic rings. The number of aliphatic hydroxyl groups is 1. The first-order valence-corrected chi connectivity index (χ1v) is 6.28. The van der Waals surface area contributed by atoms with Gasteiger partial charge in [0.1, 0.15) is 4.99 Å². The lowest BCUT2D eigenvalue weighted by Crippen LogP contribution is -2.22. The SMILES string of the molecule is CN(CCCCCO)c1ccccc1C(N)=S. The normalized spacial score (nSPS) is 10.2. The smallest absolute Gasteiger partial charge is 0.106 e. The van der Waals surface area contributed by atoms with E-state index in [1.807, 2.05) is 31.3 Å². The lowest BCUT2D eigenvalue weighted by atomic mass is 10.1. The van der Waals surface area contributed by atoms with Gasteiger partial charge in [-0.3, -0.25) is 0 Å². The van der Waals surface area contributed by atoms with Crippen molar-refractivity contribution in [2.24, 2.45) is 5.73 Å². The molecule has 0 radical (unpaired) electrons. The van der Waals surface area contributed by atoms with Crippen LogP contribution in [0.3, 0.4) is 0 Å². The molecule has 0 fully saturated rings. The Kier molecular flexibility index (Phi) is 5.94. The van der Waals surface area contributed by atoms with Crippen LogP contribution in [0.1, 0.15) is 24.8 Å². The van der Waals surface area contributed by atoms with E-state index in [4.69, 9.17) is 23.1 Å². The Morgan fingerprint density at radius 2 is 2.00 bits per heavy atom. The van der Waals surface area contributed by atoms with E-state index in [9.17, 15) is 0 Å². The van der Waals surface area contributed by atoms with Crippen LogP contribution in [0.5, 0.6) is 0 Å². The summed E-state index contributed by atoms with van der Waals surface area (Å²) >= 11 is 5.04. The minimum absolute atomic E-state index is 0.271. The van der Waals surface area contributed by atoms with Gasteiger partial charge in [-0.25, -0.2) is 0 Å². The van der Waals surface area contributed by atoms with Crippen LogP contribution in [0.15, 0.2) is 24.3 Å². The molecule has 0 heterocycles. The zero-order valence-corrected chi connectivity index (χ0v) is 11.0. The van der Waals surface area contributed by atoms with Gasteiger partial charge in [-0.05, 0) is 31.4 Å². The van der Waals surface area contributed by atoms with E-state index in [1.54, 1.807) is 0 Å². The molecule has 0 aliphatic rings. The van der Waals surface area contributed by atoms with Crippen molar-refractivity contribution in [3.63, 3.8) is 0 Å². The fourth-order valence-electron chi connectivity index (χ4n) is 1.77. The summed E-state index contributed by atoms with van der Waals surface area (Å²) < 4.78 is 0. The molecule has 3 N–H and O–H groups in total. The van der Waals surface area contributed by atoms with Crippen molar-refractivity contribution in [2.75, 3.05) is 25.1 Å². The number of benzene rings is 1. The number of thiocarbonyl (C=S) groups is 1. The number of rotatable bonds is 7. The second-order valence-corrected chi connectivity index (χ2v) is 4.53. The predicted octanol–water partition coefficient (Wildman–Crippen LogP) is 1.92. The van der Waals surface area contributed by atoms with Crippen LogP contribution >= 0.6 is 12.2 Å². The van der Waals surface area contributed by atoms with Crippen LogP contribution in [0, 0.1) is 0 Å². The fourth-order valence-corrected chi connectivity index (χ4v) is 1.95. The van der Waals surface area contributed by atoms with Crippen molar-refractivity contribution < 1.29 is 5.11 Å². The van der Waals surface area contributed by atoms with Gasteiger partial charge in [0.25, 0.3) is 0 Å². The zero-order valence-electron chi connectivity index (χ0n) is 10.2. The van der Waals surface area contributed by atoms with Gasteiger partial charge in [0.2, 0.25) is 0 Å². The number of unbranched alkanes of at least 4 members (excludes halogenated alkanes) is 2. The summed E-state index contributed by atoms with van der Waals surface area (Å²) in [5.74, 6) is 0. The Hall–Kier alpha value is -1.13. The van der Waals surface area contributed by atoms with Crippen molar-refractivity contribution in [3.8, 4) is 0 Å². The summed E-state index contributed by atoms with van der Waals surface area (Å²) in [6.07, 6.45) is 2.96. The van der Waals surface area contributed by atoms with Gasteiger partial charge in [-0.1, -0.05) is 24.4 Å². The summed E-state index contributed by atoms with van der Waals surface area (Å²) in [6, 6.07) is 7.90. The zero-order chi connectivity index (χ0) is 12.7. The molecule has 0 saturated heterocycles. The molecule has 94 valence electrons. The van der Waals surface area contributed by atoms with Gasteiger partial charge in [0.05, 0.1) is 0 Å². The lowest BCUT2D eigenvalue weighted by Gasteiger charge is -2.22. The highest BCUT2D eigenvalue weighted by atomic mass is 32.1.